The Kier molecular flexibility index (Phi) is 14.1. The lowest BCUT2D eigenvalue weighted by Crippen LogP contribution is -2.63. The molecule has 14 heteroatoms. The molecular weight excluding hydrogens is 656 g/mol. The minimum atomic E-state index is -2.27. The normalized spacial score (nSPS) is 34.6. The van der Waals surface area contributed by atoms with E-state index < -0.39 is 58.0 Å². The Labute approximate surface area is 293 Å². The van der Waals surface area contributed by atoms with Gasteiger partial charge in [-0.25, -0.2) is 9.59 Å². The van der Waals surface area contributed by atoms with Crippen LogP contribution in [0.2, 0.25) is 0 Å². The number of carbonyl (C=O) groups is 5. The van der Waals surface area contributed by atoms with Crippen molar-refractivity contribution in [2.45, 2.75) is 123 Å². The Hall–Kier alpha value is -2.52. The second-order valence-corrected chi connectivity index (χ2v) is 17.3. The number of nitrogens with one attached hydrogen (secondary N) is 1. The summed E-state index contributed by atoms with van der Waals surface area (Å²) in [5.41, 5.74) is 4.49. The molecule has 0 aromatic rings. The van der Waals surface area contributed by atoms with Crippen LogP contribution >= 0.6 is 11.8 Å². The molecule has 3 saturated carbocycles. The molecule has 8 N–H and O–H groups in total. The molecule has 2 unspecified atom stereocenters. The fourth-order valence-corrected chi connectivity index (χ4v) is 8.74. The monoisotopic (exact) mass is 714 g/mol. The van der Waals surface area contributed by atoms with E-state index in [0.29, 0.717) is 19.4 Å². The van der Waals surface area contributed by atoms with Crippen LogP contribution in [0, 0.1) is 39.9 Å². The molecule has 3 rings (SSSR count). The number of amides is 1. The van der Waals surface area contributed by atoms with Gasteiger partial charge in [0.1, 0.15) is 11.9 Å². The van der Waals surface area contributed by atoms with E-state index in [1.165, 1.54) is 11.8 Å². The largest absolute Gasteiger partial charge is 0.479 e. The highest BCUT2D eigenvalue weighted by Crippen LogP contribution is 2.68. The molecule has 3 fully saturated rings. The smallest absolute Gasteiger partial charge is 0.335 e. The molecular formula is C35H58N2O11S. The van der Waals surface area contributed by atoms with Gasteiger partial charge in [-0.3, -0.25) is 14.4 Å². The average Bonchev–Trinajstić information content (AvgIpc) is 3.39. The van der Waals surface area contributed by atoms with Gasteiger partial charge in [-0.15, -0.1) is 18.3 Å². The van der Waals surface area contributed by atoms with Gasteiger partial charge in [0.15, 0.2) is 12.2 Å². The number of carboxylic acids is 2. The Morgan fingerprint density at radius 2 is 1.65 bits per heavy atom. The number of Topliss-reactive ketones (excluding diaryl/α,β-unsaturated/α-hetero) is 1. The molecule has 0 saturated heterocycles. The van der Waals surface area contributed by atoms with Gasteiger partial charge in [-0.1, -0.05) is 47.6 Å². The lowest BCUT2D eigenvalue weighted by molar-refractivity contribution is -0.205. The quantitative estimate of drug-likeness (QED) is 0.114. The molecule has 49 heavy (non-hydrogen) atoms. The van der Waals surface area contributed by atoms with E-state index in [4.69, 9.17) is 30.9 Å². The van der Waals surface area contributed by atoms with Gasteiger partial charge in [-0.2, -0.15) is 0 Å². The van der Waals surface area contributed by atoms with E-state index in [0.717, 1.165) is 19.3 Å². The number of aliphatic hydroxyl groups is 3. The van der Waals surface area contributed by atoms with E-state index in [9.17, 15) is 29.1 Å². The van der Waals surface area contributed by atoms with Crippen LogP contribution in [0.3, 0.4) is 0 Å². The topological polar surface area (TPSA) is 234 Å². The van der Waals surface area contributed by atoms with Crippen molar-refractivity contribution in [3.63, 3.8) is 0 Å². The lowest BCUT2D eigenvalue weighted by atomic mass is 9.44. The zero-order valence-electron chi connectivity index (χ0n) is 30.1. The number of rotatable bonds is 12. The molecule has 0 aromatic carbocycles. The molecule has 3 aliphatic rings. The van der Waals surface area contributed by atoms with Crippen molar-refractivity contribution < 1.29 is 54.2 Å². The number of carbonyl (C=O) groups excluding carboxylic acids is 3. The average molecular weight is 715 g/mol. The summed E-state index contributed by atoms with van der Waals surface area (Å²) in [7, 11) is 0. The molecule has 1 amide bonds. The summed E-state index contributed by atoms with van der Waals surface area (Å²) in [6, 6.07) is -0.573. The van der Waals surface area contributed by atoms with E-state index in [1.54, 1.807) is 0 Å². The van der Waals surface area contributed by atoms with E-state index in [-0.39, 0.29) is 52.5 Å². The van der Waals surface area contributed by atoms with Gasteiger partial charge in [0.25, 0.3) is 0 Å². The van der Waals surface area contributed by atoms with Gasteiger partial charge in [-0.05, 0) is 62.7 Å². The third kappa shape index (κ3) is 9.05. The fourth-order valence-electron chi connectivity index (χ4n) is 7.99. The SMILES string of the molecule is C=C[C@]1(C)C[C@@H](OC(=O)CSC(C)(C)CNC(=O)[C@H](N)C(C)C)[C@]2(C)[C@H](C)CC[C@]3(CCC(=O)[C@H]32)[C@@H](C)[C@@H]1O.O=C(O)C(O)C(O)C(=O)O. The molecule has 0 aliphatic heterocycles. The number of aliphatic carboxylic acids is 2. The third-order valence-electron chi connectivity index (χ3n) is 11.7. The van der Waals surface area contributed by atoms with Crippen molar-refractivity contribution >= 4 is 41.4 Å². The maximum Gasteiger partial charge on any atom is 0.335 e. The molecule has 0 aromatic heterocycles. The number of ether oxygens (including phenoxy) is 1. The number of hydrogen-bond acceptors (Lipinski definition) is 11. The number of nitrogens with two attached hydrogens (primary N) is 1. The Bertz CT molecular complexity index is 1240. The van der Waals surface area contributed by atoms with Crippen LogP contribution in [0.1, 0.15) is 87.5 Å². The summed E-state index contributed by atoms with van der Waals surface area (Å²) in [6.07, 6.45) is -0.359. The first-order valence-corrected chi connectivity index (χ1v) is 17.9. The number of esters is 1. The van der Waals surface area contributed by atoms with Gasteiger partial charge in [0.2, 0.25) is 5.91 Å². The molecule has 280 valence electrons. The van der Waals surface area contributed by atoms with E-state index in [1.807, 2.05) is 40.7 Å². The number of carboxylic acid groups (broad SMARTS) is 2. The molecule has 13 nitrogen and oxygen atoms in total. The molecule has 0 radical (unpaired) electrons. The van der Waals surface area contributed by atoms with Crippen molar-refractivity contribution in [2.24, 2.45) is 45.7 Å². The van der Waals surface area contributed by atoms with Gasteiger partial charge in [0.05, 0.1) is 17.9 Å². The highest BCUT2D eigenvalue weighted by atomic mass is 32.2. The van der Waals surface area contributed by atoms with Crippen LogP contribution in [0.15, 0.2) is 12.7 Å². The highest BCUT2D eigenvalue weighted by molar-refractivity contribution is 8.01. The third-order valence-corrected chi connectivity index (χ3v) is 13.0. The minimum Gasteiger partial charge on any atom is -0.479 e. The van der Waals surface area contributed by atoms with Crippen LogP contribution in [-0.4, -0.2) is 103 Å². The Balaban J connectivity index is 0.000000722. The molecule has 11 atom stereocenters. The summed E-state index contributed by atoms with van der Waals surface area (Å²) in [6.45, 7) is 20.7. The number of hydrogen-bond donors (Lipinski definition) is 7. The standard InChI is InChI=1S/C31H52N2O5S.C4H6O6/c1-10-29(8)15-22(38-23(35)16-39-28(6,7)17-33-27(37)24(32)18(2)3)30(9)19(4)11-13-31(20(5)26(29)36)14-12-21(34)25(30)31;5-1(3(7)8)2(6)4(9)10/h10,18-20,22,24-26,36H,1,11-17,32H2,2-9H3,(H,33,37);1-2,5-6H,(H,7,8)(H,9,10)/t19-,20+,22-,24-,25+,26+,29-,30+,31+;/m1./s1. The van der Waals surface area contributed by atoms with Crippen LogP contribution in [0.4, 0.5) is 0 Å². The molecule has 3 aliphatic carbocycles. The molecule has 2 bridgehead atoms. The van der Waals surface area contributed by atoms with Crippen molar-refractivity contribution in [1.29, 1.82) is 0 Å². The summed E-state index contributed by atoms with van der Waals surface area (Å²) in [4.78, 5) is 58.8. The fraction of sp³-hybridized carbons (Fsp3) is 0.800. The Morgan fingerprint density at radius 1 is 1.10 bits per heavy atom. The zero-order valence-corrected chi connectivity index (χ0v) is 30.9. The van der Waals surface area contributed by atoms with Crippen LogP contribution in [0.25, 0.3) is 0 Å². The summed E-state index contributed by atoms with van der Waals surface area (Å²) >= 11 is 1.43. The highest BCUT2D eigenvalue weighted by Gasteiger charge is 2.68. The van der Waals surface area contributed by atoms with Crippen LogP contribution in [-0.2, 0) is 28.7 Å². The second kappa shape index (κ2) is 16.2. The first kappa shape index (κ1) is 42.6. The van der Waals surface area contributed by atoms with E-state index in [2.05, 4.69) is 32.7 Å². The predicted octanol–water partition coefficient (Wildman–Crippen LogP) is 2.38. The summed E-state index contributed by atoms with van der Waals surface area (Å²) < 4.78 is 5.92. The molecule has 0 spiro atoms. The number of ketones is 1. The maximum absolute atomic E-state index is 13.5. The van der Waals surface area contributed by atoms with Crippen molar-refractivity contribution in [3.8, 4) is 0 Å². The summed E-state index contributed by atoms with van der Waals surface area (Å²) in [5.74, 6) is -3.78. The molecule has 0 heterocycles. The maximum atomic E-state index is 13.5. The number of thioether (sulfide) groups is 1. The van der Waals surface area contributed by atoms with Crippen molar-refractivity contribution in [2.75, 3.05) is 12.3 Å². The van der Waals surface area contributed by atoms with E-state index >= 15 is 0 Å². The predicted molar refractivity (Wildman–Crippen MR) is 184 cm³/mol. The van der Waals surface area contributed by atoms with Gasteiger partial charge < -0.3 is 41.3 Å². The Morgan fingerprint density at radius 3 is 2.14 bits per heavy atom. The van der Waals surface area contributed by atoms with Crippen molar-refractivity contribution in [3.05, 3.63) is 12.7 Å². The first-order valence-electron chi connectivity index (χ1n) is 16.9. The minimum absolute atomic E-state index is 0.0382. The second-order valence-electron chi connectivity index (χ2n) is 15.7. The summed E-state index contributed by atoms with van der Waals surface area (Å²) in [5, 5.41) is 47.1. The lowest BCUT2D eigenvalue weighted by Gasteiger charge is -2.61. The van der Waals surface area contributed by atoms with Gasteiger partial charge in [0, 0.05) is 34.5 Å². The first-order chi connectivity index (χ1) is 22.4. The zero-order chi connectivity index (χ0) is 37.9. The number of aliphatic hydroxyl groups excluding tert-OH is 3. The van der Waals surface area contributed by atoms with Crippen molar-refractivity contribution in [1.82, 2.24) is 5.32 Å². The van der Waals surface area contributed by atoms with Crippen LogP contribution in [0.5, 0.6) is 0 Å². The van der Waals surface area contributed by atoms with Crippen LogP contribution < -0.4 is 11.1 Å². The van der Waals surface area contributed by atoms with Gasteiger partial charge >= 0.3 is 17.9 Å².